The van der Waals surface area contributed by atoms with E-state index in [1.54, 1.807) is 0 Å². The zero-order valence-corrected chi connectivity index (χ0v) is 15.8. The van der Waals surface area contributed by atoms with Crippen molar-refractivity contribution >= 4 is 5.97 Å². The SMILES string of the molecule is CCCc1cc2c(c(O)c1C(=O)O)[C@]1(C)C=C(C)CC[C@H]1C(C)(C)O2. The van der Waals surface area contributed by atoms with E-state index >= 15 is 0 Å². The van der Waals surface area contributed by atoms with E-state index in [9.17, 15) is 15.0 Å². The number of aryl methyl sites for hydroxylation is 1. The van der Waals surface area contributed by atoms with Gasteiger partial charge in [0.25, 0.3) is 0 Å². The number of hydrogen-bond acceptors (Lipinski definition) is 3. The Morgan fingerprint density at radius 1 is 1.36 bits per heavy atom. The minimum atomic E-state index is -1.08. The van der Waals surface area contributed by atoms with Crippen LogP contribution in [0.15, 0.2) is 17.7 Å². The van der Waals surface area contributed by atoms with Gasteiger partial charge in [0.1, 0.15) is 22.7 Å². The maximum atomic E-state index is 11.8. The van der Waals surface area contributed by atoms with E-state index in [0.29, 0.717) is 23.3 Å². The fraction of sp³-hybridized carbons (Fsp3) is 0.571. The molecule has 0 aromatic heterocycles. The summed E-state index contributed by atoms with van der Waals surface area (Å²) in [6.45, 7) is 10.4. The normalized spacial score (nSPS) is 26.9. The highest BCUT2D eigenvalue weighted by Crippen LogP contribution is 2.57. The third kappa shape index (κ3) is 2.62. The number of rotatable bonds is 3. The summed E-state index contributed by atoms with van der Waals surface area (Å²) >= 11 is 0. The second kappa shape index (κ2) is 5.79. The molecule has 0 saturated carbocycles. The number of hydrogen-bond donors (Lipinski definition) is 2. The van der Waals surface area contributed by atoms with Crippen molar-refractivity contribution in [2.45, 2.75) is 71.3 Å². The lowest BCUT2D eigenvalue weighted by molar-refractivity contribution is -0.0146. The summed E-state index contributed by atoms with van der Waals surface area (Å²) < 4.78 is 6.31. The molecule has 4 heteroatoms. The first kappa shape index (κ1) is 17.8. The summed E-state index contributed by atoms with van der Waals surface area (Å²) in [5.41, 5.74) is 1.77. The van der Waals surface area contributed by atoms with Crippen LogP contribution in [0, 0.1) is 5.92 Å². The molecule has 0 radical (unpaired) electrons. The smallest absolute Gasteiger partial charge is 0.339 e. The summed E-state index contributed by atoms with van der Waals surface area (Å²) in [5, 5.41) is 20.7. The Kier molecular flexibility index (Phi) is 4.13. The second-order valence-electron chi connectivity index (χ2n) is 8.26. The topological polar surface area (TPSA) is 66.8 Å². The molecule has 25 heavy (non-hydrogen) atoms. The Hall–Kier alpha value is -1.97. The Balaban J connectivity index is 2.34. The first-order valence-electron chi connectivity index (χ1n) is 9.11. The molecule has 0 spiro atoms. The molecular formula is C21H28O4. The van der Waals surface area contributed by atoms with Gasteiger partial charge in [0.2, 0.25) is 0 Å². The van der Waals surface area contributed by atoms with Crippen LogP contribution in [0.5, 0.6) is 11.5 Å². The summed E-state index contributed by atoms with van der Waals surface area (Å²) in [7, 11) is 0. The van der Waals surface area contributed by atoms with Crippen LogP contribution in [0.2, 0.25) is 0 Å². The maximum absolute atomic E-state index is 11.8. The number of aromatic carboxylic acids is 1. The van der Waals surface area contributed by atoms with Gasteiger partial charge in [-0.1, -0.05) is 31.9 Å². The molecular weight excluding hydrogens is 316 g/mol. The predicted octanol–water partition coefficient (Wildman–Crippen LogP) is 4.83. The maximum Gasteiger partial charge on any atom is 0.339 e. The van der Waals surface area contributed by atoms with E-state index in [4.69, 9.17) is 4.74 Å². The van der Waals surface area contributed by atoms with Gasteiger partial charge >= 0.3 is 5.97 Å². The van der Waals surface area contributed by atoms with Gasteiger partial charge in [-0.3, -0.25) is 0 Å². The van der Waals surface area contributed by atoms with Crippen LogP contribution >= 0.6 is 0 Å². The van der Waals surface area contributed by atoms with Gasteiger partial charge in [-0.2, -0.15) is 0 Å². The highest BCUT2D eigenvalue weighted by atomic mass is 16.5. The molecule has 1 heterocycles. The molecule has 1 aliphatic heterocycles. The number of benzene rings is 1. The van der Waals surface area contributed by atoms with Gasteiger partial charge < -0.3 is 14.9 Å². The standard InChI is InChI=1S/C21H28O4/c1-6-7-13-10-14-17(18(22)16(13)19(23)24)21(5)11-12(2)8-9-15(21)20(3,4)25-14/h10-11,15,22H,6-9H2,1-5H3,(H,23,24)/t15-,21+/m0/s1. The van der Waals surface area contributed by atoms with E-state index in [1.165, 1.54) is 5.57 Å². The fourth-order valence-electron chi connectivity index (χ4n) is 5.03. The van der Waals surface area contributed by atoms with E-state index in [2.05, 4.69) is 33.8 Å². The minimum Gasteiger partial charge on any atom is -0.507 e. The predicted molar refractivity (Wildman–Crippen MR) is 97.6 cm³/mol. The van der Waals surface area contributed by atoms with Crippen molar-refractivity contribution in [2.75, 3.05) is 0 Å². The van der Waals surface area contributed by atoms with Crippen LogP contribution in [0.3, 0.4) is 0 Å². The molecule has 0 unspecified atom stereocenters. The minimum absolute atomic E-state index is 0.0282. The van der Waals surface area contributed by atoms with Crippen molar-refractivity contribution in [3.63, 3.8) is 0 Å². The van der Waals surface area contributed by atoms with Crippen LogP contribution in [0.1, 0.15) is 75.4 Å². The molecule has 1 aromatic rings. The zero-order chi connectivity index (χ0) is 18.6. The summed E-state index contributed by atoms with van der Waals surface area (Å²) in [6, 6.07) is 1.84. The molecule has 2 N–H and O–H groups in total. The summed E-state index contributed by atoms with van der Waals surface area (Å²) in [5.74, 6) is -0.394. The van der Waals surface area contributed by atoms with Crippen molar-refractivity contribution in [3.05, 3.63) is 34.4 Å². The van der Waals surface area contributed by atoms with E-state index in [1.807, 2.05) is 13.0 Å². The lowest BCUT2D eigenvalue weighted by Gasteiger charge is -2.52. The molecule has 3 rings (SSSR count). The Labute approximate surface area is 149 Å². The zero-order valence-electron chi connectivity index (χ0n) is 15.8. The van der Waals surface area contributed by atoms with Crippen molar-refractivity contribution in [1.29, 1.82) is 0 Å². The van der Waals surface area contributed by atoms with Gasteiger partial charge in [0, 0.05) is 16.9 Å². The van der Waals surface area contributed by atoms with Crippen molar-refractivity contribution < 1.29 is 19.7 Å². The summed E-state index contributed by atoms with van der Waals surface area (Å²) in [4.78, 5) is 11.8. The first-order chi connectivity index (χ1) is 11.6. The van der Waals surface area contributed by atoms with Crippen LogP contribution < -0.4 is 4.74 Å². The number of phenols is 1. The van der Waals surface area contributed by atoms with Gasteiger partial charge in [-0.25, -0.2) is 4.79 Å². The van der Waals surface area contributed by atoms with Crippen LogP contribution in [-0.2, 0) is 11.8 Å². The third-order valence-corrected chi connectivity index (χ3v) is 5.93. The van der Waals surface area contributed by atoms with Crippen LogP contribution in [-0.4, -0.2) is 21.8 Å². The number of fused-ring (bicyclic) bond motifs is 3. The highest BCUT2D eigenvalue weighted by molar-refractivity contribution is 5.94. The fourth-order valence-corrected chi connectivity index (χ4v) is 5.03. The molecule has 2 aliphatic rings. The lowest BCUT2D eigenvalue weighted by atomic mass is 9.58. The first-order valence-corrected chi connectivity index (χ1v) is 9.11. The molecule has 1 aliphatic carbocycles. The number of carboxylic acid groups (broad SMARTS) is 1. The monoisotopic (exact) mass is 344 g/mol. The largest absolute Gasteiger partial charge is 0.507 e. The Morgan fingerprint density at radius 3 is 2.64 bits per heavy atom. The van der Waals surface area contributed by atoms with E-state index < -0.39 is 11.4 Å². The van der Waals surface area contributed by atoms with Gasteiger partial charge in [-0.15, -0.1) is 0 Å². The Morgan fingerprint density at radius 2 is 2.04 bits per heavy atom. The van der Waals surface area contributed by atoms with Crippen molar-refractivity contribution in [2.24, 2.45) is 5.92 Å². The quantitative estimate of drug-likeness (QED) is 0.771. The number of carboxylic acids is 1. The van der Waals surface area contributed by atoms with Gasteiger partial charge in [0.15, 0.2) is 0 Å². The molecule has 0 amide bonds. The van der Waals surface area contributed by atoms with E-state index in [0.717, 1.165) is 19.3 Å². The Bertz CT molecular complexity index is 760. The van der Waals surface area contributed by atoms with Gasteiger partial charge in [0.05, 0.1) is 0 Å². The van der Waals surface area contributed by atoms with Crippen molar-refractivity contribution in [1.82, 2.24) is 0 Å². The number of aromatic hydroxyl groups is 1. The van der Waals surface area contributed by atoms with Crippen LogP contribution in [0.4, 0.5) is 0 Å². The number of allylic oxidation sites excluding steroid dienone is 2. The molecule has 136 valence electrons. The second-order valence-corrected chi connectivity index (χ2v) is 8.26. The highest BCUT2D eigenvalue weighted by Gasteiger charge is 2.53. The van der Waals surface area contributed by atoms with Crippen LogP contribution in [0.25, 0.3) is 0 Å². The van der Waals surface area contributed by atoms with Crippen molar-refractivity contribution in [3.8, 4) is 11.5 Å². The average Bonchev–Trinajstić information content (AvgIpc) is 2.44. The molecule has 4 nitrogen and oxygen atoms in total. The molecule has 1 aromatic carbocycles. The van der Waals surface area contributed by atoms with E-state index in [-0.39, 0.29) is 22.8 Å². The number of carbonyl (C=O) groups is 1. The lowest BCUT2D eigenvalue weighted by Crippen LogP contribution is -2.53. The third-order valence-electron chi connectivity index (χ3n) is 5.93. The summed E-state index contributed by atoms with van der Waals surface area (Å²) in [6.07, 6.45) is 5.57. The average molecular weight is 344 g/mol. The molecule has 0 fully saturated rings. The molecule has 2 atom stereocenters. The molecule has 0 saturated heterocycles. The van der Waals surface area contributed by atoms with Gasteiger partial charge in [-0.05, 0) is 51.7 Å². The number of ether oxygens (including phenoxy) is 1. The molecule has 0 bridgehead atoms.